The van der Waals surface area contributed by atoms with Gasteiger partial charge in [-0.3, -0.25) is 0 Å². The number of benzene rings is 1. The fourth-order valence-corrected chi connectivity index (χ4v) is 1.73. The summed E-state index contributed by atoms with van der Waals surface area (Å²) in [5.41, 5.74) is 8.13. The van der Waals surface area contributed by atoms with Gasteiger partial charge in [-0.2, -0.15) is 0 Å². The molecule has 0 saturated heterocycles. The molecule has 0 radical (unpaired) electrons. The Morgan fingerprint density at radius 2 is 2.24 bits per heavy atom. The van der Waals surface area contributed by atoms with Crippen molar-refractivity contribution in [3.63, 3.8) is 0 Å². The summed E-state index contributed by atoms with van der Waals surface area (Å²) in [6, 6.07) is 7.55. The van der Waals surface area contributed by atoms with Gasteiger partial charge in [0.2, 0.25) is 0 Å². The predicted octanol–water partition coefficient (Wildman–Crippen LogP) is 2.30. The molecule has 4 heteroatoms. The molecule has 0 unspecified atom stereocenters. The summed E-state index contributed by atoms with van der Waals surface area (Å²) in [7, 11) is 0. The number of carbonyl (C=O) groups excluding carboxylic acids is 1. The Morgan fingerprint density at radius 3 is 2.94 bits per heavy atom. The second kappa shape index (κ2) is 4.41. The van der Waals surface area contributed by atoms with Crippen molar-refractivity contribution in [1.29, 1.82) is 0 Å². The molecule has 0 aliphatic carbocycles. The van der Waals surface area contributed by atoms with Gasteiger partial charge in [-0.1, -0.05) is 18.2 Å². The molecular formula is C13H14N2O2. The number of anilines is 1. The average molecular weight is 230 g/mol. The van der Waals surface area contributed by atoms with Gasteiger partial charge >= 0.3 is 5.97 Å². The van der Waals surface area contributed by atoms with E-state index in [1.165, 1.54) is 0 Å². The lowest BCUT2D eigenvalue weighted by molar-refractivity contribution is 0.0521. The van der Waals surface area contributed by atoms with Crippen molar-refractivity contribution in [2.45, 2.75) is 13.8 Å². The zero-order chi connectivity index (χ0) is 12.4. The molecule has 17 heavy (non-hydrogen) atoms. The van der Waals surface area contributed by atoms with Crippen molar-refractivity contribution in [3.05, 3.63) is 35.5 Å². The van der Waals surface area contributed by atoms with Crippen LogP contribution in [0.1, 0.15) is 23.0 Å². The highest BCUT2D eigenvalue weighted by Crippen LogP contribution is 2.21. The van der Waals surface area contributed by atoms with Gasteiger partial charge in [0.05, 0.1) is 17.8 Å². The molecule has 4 nitrogen and oxygen atoms in total. The van der Waals surface area contributed by atoms with E-state index in [1.807, 2.05) is 25.1 Å². The number of ether oxygens (including phenoxy) is 1. The number of pyridine rings is 1. The molecule has 0 bridgehead atoms. The number of nitrogens with zero attached hydrogens (tertiary/aromatic N) is 1. The van der Waals surface area contributed by atoms with Crippen LogP contribution in [0.3, 0.4) is 0 Å². The summed E-state index contributed by atoms with van der Waals surface area (Å²) >= 11 is 0. The van der Waals surface area contributed by atoms with E-state index in [2.05, 4.69) is 4.98 Å². The van der Waals surface area contributed by atoms with Crippen LogP contribution in [-0.2, 0) is 4.74 Å². The standard InChI is InChI=1S/C13H14N2O2/c1-3-17-13(16)12-10(14)7-9-6-4-5-8(2)11(9)15-12/h4-7H,3,14H2,1-2H3. The van der Waals surface area contributed by atoms with Gasteiger partial charge in [0, 0.05) is 5.39 Å². The summed E-state index contributed by atoms with van der Waals surface area (Å²) in [5, 5.41) is 0.926. The Morgan fingerprint density at radius 1 is 1.47 bits per heavy atom. The van der Waals surface area contributed by atoms with Gasteiger partial charge in [-0.05, 0) is 25.5 Å². The number of rotatable bonds is 2. The topological polar surface area (TPSA) is 65.2 Å². The van der Waals surface area contributed by atoms with E-state index >= 15 is 0 Å². The number of nitrogen functional groups attached to an aromatic ring is 1. The number of nitrogens with two attached hydrogens (primary N) is 1. The molecule has 1 aromatic carbocycles. The highest BCUT2D eigenvalue weighted by atomic mass is 16.5. The Labute approximate surface area is 99.4 Å². The number of hydrogen-bond donors (Lipinski definition) is 1. The van der Waals surface area contributed by atoms with Gasteiger partial charge < -0.3 is 10.5 Å². The third-order valence-corrected chi connectivity index (χ3v) is 2.55. The molecule has 2 rings (SSSR count). The Balaban J connectivity index is 2.61. The maximum absolute atomic E-state index is 11.7. The first-order valence-electron chi connectivity index (χ1n) is 5.46. The highest BCUT2D eigenvalue weighted by molar-refractivity contribution is 5.97. The predicted molar refractivity (Wildman–Crippen MR) is 66.8 cm³/mol. The van der Waals surface area contributed by atoms with E-state index in [0.717, 1.165) is 16.5 Å². The average Bonchev–Trinajstić information content (AvgIpc) is 2.29. The van der Waals surface area contributed by atoms with Crippen molar-refractivity contribution >= 4 is 22.6 Å². The molecule has 1 aromatic heterocycles. The fraction of sp³-hybridized carbons (Fsp3) is 0.231. The molecule has 2 aromatic rings. The quantitative estimate of drug-likeness (QED) is 0.804. The molecule has 0 fully saturated rings. The lowest BCUT2D eigenvalue weighted by Crippen LogP contribution is -2.10. The number of para-hydroxylation sites is 1. The number of aromatic nitrogens is 1. The third kappa shape index (κ3) is 2.06. The lowest BCUT2D eigenvalue weighted by Gasteiger charge is -2.07. The SMILES string of the molecule is CCOC(=O)c1nc2c(C)cccc2cc1N. The maximum atomic E-state index is 11.7. The van der Waals surface area contributed by atoms with E-state index in [-0.39, 0.29) is 5.69 Å². The first-order valence-corrected chi connectivity index (χ1v) is 5.46. The maximum Gasteiger partial charge on any atom is 0.359 e. The molecule has 88 valence electrons. The number of esters is 1. The minimum absolute atomic E-state index is 0.189. The Kier molecular flexibility index (Phi) is 2.95. The van der Waals surface area contributed by atoms with Crippen LogP contribution in [0.4, 0.5) is 5.69 Å². The first-order chi connectivity index (χ1) is 8.13. The smallest absolute Gasteiger partial charge is 0.359 e. The minimum Gasteiger partial charge on any atom is -0.461 e. The largest absolute Gasteiger partial charge is 0.461 e. The molecule has 0 saturated carbocycles. The Bertz CT molecular complexity index is 579. The second-order valence-electron chi connectivity index (χ2n) is 3.79. The normalized spacial score (nSPS) is 10.5. The van der Waals surface area contributed by atoms with Crippen LogP contribution < -0.4 is 5.73 Å². The second-order valence-corrected chi connectivity index (χ2v) is 3.79. The van der Waals surface area contributed by atoms with Gasteiger partial charge in [0.1, 0.15) is 0 Å². The summed E-state index contributed by atoms with van der Waals surface area (Å²) < 4.78 is 4.92. The van der Waals surface area contributed by atoms with Crippen LogP contribution in [0.25, 0.3) is 10.9 Å². The van der Waals surface area contributed by atoms with Crippen LogP contribution in [0.5, 0.6) is 0 Å². The molecule has 0 amide bonds. The molecular weight excluding hydrogens is 216 g/mol. The van der Waals surface area contributed by atoms with Crippen LogP contribution in [0.2, 0.25) is 0 Å². The molecule has 1 heterocycles. The summed E-state index contributed by atoms with van der Waals surface area (Å²) in [5.74, 6) is -0.477. The number of fused-ring (bicyclic) bond motifs is 1. The van der Waals surface area contributed by atoms with E-state index < -0.39 is 5.97 Å². The van der Waals surface area contributed by atoms with Crippen molar-refractivity contribution in [1.82, 2.24) is 4.98 Å². The first kappa shape index (κ1) is 11.4. The number of hydrogen-bond acceptors (Lipinski definition) is 4. The molecule has 0 aliphatic heterocycles. The fourth-order valence-electron chi connectivity index (χ4n) is 1.73. The van der Waals surface area contributed by atoms with Crippen LogP contribution >= 0.6 is 0 Å². The van der Waals surface area contributed by atoms with Crippen LogP contribution in [0.15, 0.2) is 24.3 Å². The summed E-state index contributed by atoms with van der Waals surface area (Å²) in [6.07, 6.45) is 0. The molecule has 0 aliphatic rings. The molecule has 0 atom stereocenters. The molecule has 0 spiro atoms. The monoisotopic (exact) mass is 230 g/mol. The number of aryl methyl sites for hydroxylation is 1. The summed E-state index contributed by atoms with van der Waals surface area (Å²) in [6.45, 7) is 4.01. The third-order valence-electron chi connectivity index (χ3n) is 2.55. The lowest BCUT2D eigenvalue weighted by atomic mass is 10.1. The van der Waals surface area contributed by atoms with E-state index in [1.54, 1.807) is 13.0 Å². The van der Waals surface area contributed by atoms with Crippen LogP contribution in [0, 0.1) is 6.92 Å². The van der Waals surface area contributed by atoms with Gasteiger partial charge in [0.25, 0.3) is 0 Å². The zero-order valence-corrected chi connectivity index (χ0v) is 9.86. The minimum atomic E-state index is -0.477. The summed E-state index contributed by atoms with van der Waals surface area (Å²) in [4.78, 5) is 15.9. The van der Waals surface area contributed by atoms with Crippen molar-refractivity contribution < 1.29 is 9.53 Å². The van der Waals surface area contributed by atoms with Gasteiger partial charge in [-0.15, -0.1) is 0 Å². The van der Waals surface area contributed by atoms with E-state index in [9.17, 15) is 4.79 Å². The van der Waals surface area contributed by atoms with Crippen molar-refractivity contribution in [3.8, 4) is 0 Å². The number of carbonyl (C=O) groups is 1. The van der Waals surface area contributed by atoms with E-state index in [0.29, 0.717) is 12.3 Å². The highest BCUT2D eigenvalue weighted by Gasteiger charge is 2.14. The Hall–Kier alpha value is -2.10. The van der Waals surface area contributed by atoms with Crippen LogP contribution in [-0.4, -0.2) is 17.6 Å². The van der Waals surface area contributed by atoms with Gasteiger partial charge in [0.15, 0.2) is 5.69 Å². The van der Waals surface area contributed by atoms with E-state index in [4.69, 9.17) is 10.5 Å². The molecule has 2 N–H and O–H groups in total. The van der Waals surface area contributed by atoms with Crippen molar-refractivity contribution in [2.75, 3.05) is 12.3 Å². The van der Waals surface area contributed by atoms with Gasteiger partial charge in [-0.25, -0.2) is 9.78 Å². The van der Waals surface area contributed by atoms with Crippen molar-refractivity contribution in [2.24, 2.45) is 0 Å². The zero-order valence-electron chi connectivity index (χ0n) is 9.86.